The van der Waals surface area contributed by atoms with Gasteiger partial charge in [0.05, 0.1) is 25.9 Å². The minimum absolute atomic E-state index is 0.0676. The van der Waals surface area contributed by atoms with Crippen LogP contribution in [0.15, 0.2) is 12.1 Å². The monoisotopic (exact) mass is 410 g/mol. The SMILES string of the molecule is CCN1c2cc(Cl)c(Cl)cc2[NH+](CC(CS(=O)(=O)[O-])OC(C)=O)C1C. The standard InChI is InChI=1S/C15H20Cl2N2O5S/c1-4-18-9(2)19(15-6-13(17)12(16)5-14(15)18)7-11(24-10(3)20)8-25(21,22)23/h5-6,9,11H,4,7-8H2,1-3H3,(H,21,22,23). The minimum Gasteiger partial charge on any atom is -0.748 e. The fourth-order valence-corrected chi connectivity index (χ4v) is 4.18. The fourth-order valence-electron chi connectivity index (χ4n) is 3.22. The maximum Gasteiger partial charge on any atom is 0.303 e. The molecule has 1 aliphatic heterocycles. The predicted molar refractivity (Wildman–Crippen MR) is 94.6 cm³/mol. The van der Waals surface area contributed by atoms with Gasteiger partial charge in [-0.15, -0.1) is 0 Å². The lowest BCUT2D eigenvalue weighted by Crippen LogP contribution is -3.12. The number of anilines is 1. The zero-order valence-corrected chi connectivity index (χ0v) is 16.4. The van der Waals surface area contributed by atoms with Gasteiger partial charge in [-0.1, -0.05) is 23.2 Å². The minimum atomic E-state index is -4.54. The van der Waals surface area contributed by atoms with Crippen LogP contribution in [0, 0.1) is 0 Å². The first kappa shape index (κ1) is 20.3. The van der Waals surface area contributed by atoms with Gasteiger partial charge in [0.15, 0.2) is 18.0 Å². The second kappa shape index (κ2) is 7.67. The van der Waals surface area contributed by atoms with Crippen LogP contribution in [0.2, 0.25) is 10.0 Å². The maximum absolute atomic E-state index is 11.3. The zero-order chi connectivity index (χ0) is 18.9. The van der Waals surface area contributed by atoms with E-state index in [1.807, 2.05) is 13.8 Å². The van der Waals surface area contributed by atoms with Gasteiger partial charge in [0, 0.05) is 26.5 Å². The number of esters is 1. The van der Waals surface area contributed by atoms with Crippen LogP contribution >= 0.6 is 23.2 Å². The van der Waals surface area contributed by atoms with E-state index in [2.05, 4.69) is 4.90 Å². The van der Waals surface area contributed by atoms with Crippen molar-refractivity contribution in [2.45, 2.75) is 33.0 Å². The zero-order valence-electron chi connectivity index (χ0n) is 14.1. The third-order valence-corrected chi connectivity index (χ3v) is 5.68. The number of nitrogens with one attached hydrogen (secondary N) is 1. The number of halogens is 2. The summed E-state index contributed by atoms with van der Waals surface area (Å²) in [6.45, 7) is 5.95. The molecule has 0 spiro atoms. The Morgan fingerprint density at radius 2 is 2.00 bits per heavy atom. The molecule has 7 nitrogen and oxygen atoms in total. The number of carbonyl (C=O) groups excluding carboxylic acids is 1. The first-order chi connectivity index (χ1) is 11.5. The Labute approximate surface area is 157 Å². The van der Waals surface area contributed by atoms with Crippen molar-refractivity contribution in [2.24, 2.45) is 0 Å². The van der Waals surface area contributed by atoms with Gasteiger partial charge in [0.25, 0.3) is 0 Å². The molecule has 0 radical (unpaired) electrons. The molecule has 1 aromatic rings. The van der Waals surface area contributed by atoms with E-state index in [0.717, 1.165) is 16.3 Å². The quantitative estimate of drug-likeness (QED) is 0.558. The van der Waals surface area contributed by atoms with Crippen molar-refractivity contribution in [1.29, 1.82) is 0 Å². The first-order valence-corrected chi connectivity index (χ1v) is 10.1. The third-order valence-electron chi connectivity index (χ3n) is 4.18. The van der Waals surface area contributed by atoms with Crippen LogP contribution in [-0.2, 0) is 19.6 Å². The number of benzene rings is 1. The van der Waals surface area contributed by atoms with Crippen LogP contribution in [0.3, 0.4) is 0 Å². The number of fused-ring (bicyclic) bond motifs is 1. The summed E-state index contributed by atoms with van der Waals surface area (Å²) in [5.74, 6) is -1.41. The van der Waals surface area contributed by atoms with Gasteiger partial charge in [-0.3, -0.25) is 9.69 Å². The molecule has 3 atom stereocenters. The van der Waals surface area contributed by atoms with E-state index in [1.165, 1.54) is 6.92 Å². The van der Waals surface area contributed by atoms with Crippen LogP contribution in [0.5, 0.6) is 0 Å². The molecule has 2 rings (SSSR count). The summed E-state index contributed by atoms with van der Waals surface area (Å²) in [5.41, 5.74) is 1.70. The van der Waals surface area contributed by atoms with E-state index in [-0.39, 0.29) is 12.7 Å². The average molecular weight is 411 g/mol. The number of rotatable bonds is 6. The molecule has 1 aromatic carbocycles. The third kappa shape index (κ3) is 4.77. The van der Waals surface area contributed by atoms with Gasteiger partial charge in [-0.25, -0.2) is 8.42 Å². The molecule has 25 heavy (non-hydrogen) atoms. The summed E-state index contributed by atoms with van der Waals surface area (Å²) >= 11 is 12.2. The molecule has 0 aliphatic carbocycles. The van der Waals surface area contributed by atoms with Gasteiger partial charge >= 0.3 is 5.97 Å². The van der Waals surface area contributed by atoms with Gasteiger partial charge < -0.3 is 14.2 Å². The molecule has 1 N–H and O–H groups in total. The molecule has 10 heteroatoms. The number of carbonyl (C=O) groups is 1. The normalized spacial score (nSPS) is 21.1. The highest BCUT2D eigenvalue weighted by molar-refractivity contribution is 7.85. The summed E-state index contributed by atoms with van der Waals surface area (Å²) < 4.78 is 38.5. The first-order valence-electron chi connectivity index (χ1n) is 7.76. The summed E-state index contributed by atoms with van der Waals surface area (Å²) in [6.07, 6.45) is -1.11. The topological polar surface area (TPSA) is 91.2 Å². The Bertz CT molecular complexity index is 771. The number of nitrogens with zero attached hydrogens (tertiary/aromatic N) is 1. The molecule has 1 heterocycles. The molecular formula is C15H20Cl2N2O5S. The lowest BCUT2D eigenvalue weighted by Gasteiger charge is -2.27. The van der Waals surface area contributed by atoms with E-state index in [4.69, 9.17) is 27.9 Å². The number of quaternary nitrogens is 1. The largest absolute Gasteiger partial charge is 0.748 e. The van der Waals surface area contributed by atoms with Gasteiger partial charge in [0.1, 0.15) is 12.2 Å². The molecule has 140 valence electrons. The van der Waals surface area contributed by atoms with Gasteiger partial charge in [-0.2, -0.15) is 0 Å². The molecule has 0 saturated carbocycles. The van der Waals surface area contributed by atoms with Gasteiger partial charge in [-0.05, 0) is 13.0 Å². The summed E-state index contributed by atoms with van der Waals surface area (Å²) in [7, 11) is -4.54. The Balaban J connectivity index is 2.37. The molecule has 0 fully saturated rings. The number of hydrogen-bond acceptors (Lipinski definition) is 6. The highest BCUT2D eigenvalue weighted by atomic mass is 35.5. The second-order valence-electron chi connectivity index (χ2n) is 5.93. The average Bonchev–Trinajstić information content (AvgIpc) is 2.69. The van der Waals surface area contributed by atoms with E-state index in [9.17, 15) is 17.8 Å². The van der Waals surface area contributed by atoms with Gasteiger partial charge in [0.2, 0.25) is 0 Å². The summed E-state index contributed by atoms with van der Waals surface area (Å²) in [5, 5.41) is 0.801. The second-order valence-corrected chi connectivity index (χ2v) is 8.19. The molecule has 0 saturated heterocycles. The van der Waals surface area contributed by atoms with Crippen molar-refractivity contribution in [3.05, 3.63) is 22.2 Å². The Morgan fingerprint density at radius 1 is 1.40 bits per heavy atom. The van der Waals surface area contributed by atoms with E-state index in [0.29, 0.717) is 16.6 Å². The van der Waals surface area contributed by atoms with Crippen molar-refractivity contribution >= 4 is 50.7 Å². The fraction of sp³-hybridized carbons (Fsp3) is 0.533. The summed E-state index contributed by atoms with van der Waals surface area (Å²) in [6, 6.07) is 3.48. The number of ether oxygens (including phenoxy) is 1. The summed E-state index contributed by atoms with van der Waals surface area (Å²) in [4.78, 5) is 14.2. The Kier molecular flexibility index (Phi) is 6.22. The Morgan fingerprint density at radius 3 is 2.52 bits per heavy atom. The van der Waals surface area contributed by atoms with E-state index in [1.54, 1.807) is 12.1 Å². The van der Waals surface area contributed by atoms with Crippen LogP contribution < -0.4 is 9.80 Å². The molecule has 1 aliphatic rings. The van der Waals surface area contributed by atoms with E-state index < -0.39 is 27.9 Å². The van der Waals surface area contributed by atoms with Crippen molar-refractivity contribution in [3.63, 3.8) is 0 Å². The van der Waals surface area contributed by atoms with Crippen molar-refractivity contribution in [3.8, 4) is 0 Å². The molecule has 3 unspecified atom stereocenters. The van der Waals surface area contributed by atoms with E-state index >= 15 is 0 Å². The maximum atomic E-state index is 11.3. The van der Waals surface area contributed by atoms with Crippen molar-refractivity contribution in [2.75, 3.05) is 23.7 Å². The van der Waals surface area contributed by atoms with Crippen molar-refractivity contribution in [1.82, 2.24) is 0 Å². The lowest BCUT2D eigenvalue weighted by atomic mass is 10.2. The Hall–Kier alpha value is -1.06. The molecular weight excluding hydrogens is 391 g/mol. The highest BCUT2D eigenvalue weighted by Gasteiger charge is 2.40. The highest BCUT2D eigenvalue weighted by Crippen LogP contribution is 2.36. The molecule has 0 bridgehead atoms. The molecule has 0 amide bonds. The molecule has 0 aromatic heterocycles. The van der Waals surface area contributed by atoms with Crippen LogP contribution in [0.25, 0.3) is 0 Å². The number of hydrogen-bond donors (Lipinski definition) is 1. The van der Waals surface area contributed by atoms with Crippen LogP contribution in [-0.4, -0.2) is 50.1 Å². The van der Waals surface area contributed by atoms with Crippen LogP contribution in [0.1, 0.15) is 20.8 Å². The van der Waals surface area contributed by atoms with Crippen molar-refractivity contribution < 1.29 is 27.4 Å². The lowest BCUT2D eigenvalue weighted by molar-refractivity contribution is -0.854. The smallest absolute Gasteiger partial charge is 0.303 e. The van der Waals surface area contributed by atoms with Crippen LogP contribution in [0.4, 0.5) is 11.4 Å². The predicted octanol–water partition coefficient (Wildman–Crippen LogP) is 1.17.